The van der Waals surface area contributed by atoms with Crippen LogP contribution in [0.3, 0.4) is 0 Å². The number of amides is 1. The standard InChI is InChI=1S/C18H15N7O/c26-18(22-13-4-2-1-3-5-13)15-6-7-16(24-23-15)20-12-14-8-10-19-17-9-11-21-25(14)17/h1-11H,12H2,(H,20,24)(H,22,26). The Balaban J connectivity index is 1.41. The van der Waals surface area contributed by atoms with E-state index in [2.05, 4.69) is 30.9 Å². The zero-order chi connectivity index (χ0) is 17.8. The number of carbonyl (C=O) groups is 1. The van der Waals surface area contributed by atoms with Gasteiger partial charge in [0.25, 0.3) is 5.91 Å². The second-order valence-corrected chi connectivity index (χ2v) is 5.51. The molecule has 1 aromatic carbocycles. The molecule has 2 N–H and O–H groups in total. The molecule has 26 heavy (non-hydrogen) atoms. The van der Waals surface area contributed by atoms with Gasteiger partial charge in [-0.25, -0.2) is 9.50 Å². The van der Waals surface area contributed by atoms with Gasteiger partial charge in [0.05, 0.1) is 18.4 Å². The Bertz CT molecular complexity index is 1030. The molecule has 8 heteroatoms. The summed E-state index contributed by atoms with van der Waals surface area (Å²) in [5.41, 5.74) is 2.68. The number of fused-ring (bicyclic) bond motifs is 1. The third kappa shape index (κ3) is 3.34. The molecule has 4 rings (SSSR count). The van der Waals surface area contributed by atoms with E-state index in [0.717, 1.165) is 11.3 Å². The Morgan fingerprint density at radius 2 is 1.85 bits per heavy atom. The van der Waals surface area contributed by atoms with Crippen molar-refractivity contribution in [1.82, 2.24) is 24.8 Å². The molecule has 0 spiro atoms. The lowest BCUT2D eigenvalue weighted by molar-refractivity contribution is 0.102. The second-order valence-electron chi connectivity index (χ2n) is 5.51. The molecule has 0 aliphatic rings. The quantitative estimate of drug-likeness (QED) is 0.576. The summed E-state index contributed by atoms with van der Waals surface area (Å²) in [4.78, 5) is 16.4. The molecule has 0 atom stereocenters. The summed E-state index contributed by atoms with van der Waals surface area (Å²) in [5.74, 6) is 0.265. The normalized spacial score (nSPS) is 10.6. The molecule has 8 nitrogen and oxygen atoms in total. The van der Waals surface area contributed by atoms with E-state index in [1.165, 1.54) is 0 Å². The fraction of sp³-hybridized carbons (Fsp3) is 0.0556. The molecule has 0 radical (unpaired) electrons. The molecule has 3 heterocycles. The van der Waals surface area contributed by atoms with Gasteiger partial charge in [0.2, 0.25) is 0 Å². The topological polar surface area (TPSA) is 97.1 Å². The van der Waals surface area contributed by atoms with Crippen molar-refractivity contribution in [1.29, 1.82) is 0 Å². The molecule has 0 bridgehead atoms. The van der Waals surface area contributed by atoms with Crippen LogP contribution >= 0.6 is 0 Å². The highest BCUT2D eigenvalue weighted by Crippen LogP contribution is 2.10. The highest BCUT2D eigenvalue weighted by molar-refractivity contribution is 6.02. The van der Waals surface area contributed by atoms with Gasteiger partial charge in [-0.3, -0.25) is 4.79 Å². The van der Waals surface area contributed by atoms with E-state index < -0.39 is 0 Å². The van der Waals surface area contributed by atoms with Crippen LogP contribution < -0.4 is 10.6 Å². The van der Waals surface area contributed by atoms with E-state index in [1.807, 2.05) is 42.5 Å². The molecule has 0 unspecified atom stereocenters. The van der Waals surface area contributed by atoms with Crippen molar-refractivity contribution in [3.05, 3.63) is 78.4 Å². The van der Waals surface area contributed by atoms with E-state index in [-0.39, 0.29) is 11.6 Å². The van der Waals surface area contributed by atoms with E-state index in [4.69, 9.17) is 0 Å². The van der Waals surface area contributed by atoms with Crippen LogP contribution in [0.4, 0.5) is 11.5 Å². The first kappa shape index (κ1) is 15.7. The first-order valence-electron chi connectivity index (χ1n) is 8.01. The van der Waals surface area contributed by atoms with Crippen molar-refractivity contribution >= 4 is 23.1 Å². The number of benzene rings is 1. The van der Waals surface area contributed by atoms with Gasteiger partial charge in [0, 0.05) is 18.0 Å². The SMILES string of the molecule is O=C(Nc1ccccc1)c1ccc(NCc2ccnc3ccnn23)nn1. The minimum absolute atomic E-state index is 0.248. The van der Waals surface area contributed by atoms with Crippen LogP contribution in [0.1, 0.15) is 16.2 Å². The first-order chi connectivity index (χ1) is 12.8. The summed E-state index contributed by atoms with van der Waals surface area (Å²) in [6, 6.07) is 16.3. The third-order valence-corrected chi connectivity index (χ3v) is 3.75. The van der Waals surface area contributed by atoms with Gasteiger partial charge >= 0.3 is 0 Å². The van der Waals surface area contributed by atoms with Crippen molar-refractivity contribution in [2.24, 2.45) is 0 Å². The lowest BCUT2D eigenvalue weighted by Crippen LogP contribution is -2.15. The molecule has 128 valence electrons. The van der Waals surface area contributed by atoms with Crippen LogP contribution in [-0.4, -0.2) is 30.7 Å². The van der Waals surface area contributed by atoms with Crippen molar-refractivity contribution in [3.8, 4) is 0 Å². The van der Waals surface area contributed by atoms with E-state index in [1.54, 1.807) is 29.0 Å². The highest BCUT2D eigenvalue weighted by atomic mass is 16.1. The fourth-order valence-electron chi connectivity index (χ4n) is 2.46. The van der Waals surface area contributed by atoms with E-state index >= 15 is 0 Å². The Hall–Kier alpha value is -3.81. The van der Waals surface area contributed by atoms with Crippen LogP contribution in [0, 0.1) is 0 Å². The summed E-state index contributed by atoms with van der Waals surface area (Å²) >= 11 is 0. The largest absolute Gasteiger partial charge is 0.363 e. The lowest BCUT2D eigenvalue weighted by atomic mass is 10.3. The number of nitrogens with one attached hydrogen (secondary N) is 2. The van der Waals surface area contributed by atoms with Crippen LogP contribution in [-0.2, 0) is 6.54 Å². The molecule has 3 aromatic heterocycles. The summed E-state index contributed by atoms with van der Waals surface area (Å²) in [6.45, 7) is 0.505. The summed E-state index contributed by atoms with van der Waals surface area (Å²) in [7, 11) is 0. The molecule has 0 aliphatic heterocycles. The molecule has 4 aromatic rings. The van der Waals surface area contributed by atoms with Gasteiger partial charge in [-0.05, 0) is 30.3 Å². The molecular formula is C18H15N7O. The predicted molar refractivity (Wildman–Crippen MR) is 96.7 cm³/mol. The maximum absolute atomic E-state index is 12.2. The molecule has 0 saturated carbocycles. The number of hydrogen-bond acceptors (Lipinski definition) is 6. The number of anilines is 2. The van der Waals surface area contributed by atoms with Gasteiger partial charge in [0.1, 0.15) is 5.82 Å². The maximum atomic E-state index is 12.2. The summed E-state index contributed by atoms with van der Waals surface area (Å²) in [6.07, 6.45) is 3.43. The van der Waals surface area contributed by atoms with Gasteiger partial charge in [-0.1, -0.05) is 18.2 Å². The minimum Gasteiger partial charge on any atom is -0.363 e. The fourth-order valence-corrected chi connectivity index (χ4v) is 2.46. The predicted octanol–water partition coefficient (Wildman–Crippen LogP) is 2.38. The van der Waals surface area contributed by atoms with Crippen LogP contribution in [0.2, 0.25) is 0 Å². The van der Waals surface area contributed by atoms with Gasteiger partial charge in [-0.15, -0.1) is 10.2 Å². The van der Waals surface area contributed by atoms with Gasteiger partial charge in [0.15, 0.2) is 11.3 Å². The first-order valence-corrected chi connectivity index (χ1v) is 8.01. The molecule has 0 fully saturated rings. The number of hydrogen-bond donors (Lipinski definition) is 2. The Kier molecular flexibility index (Phi) is 4.21. The number of rotatable bonds is 5. The van der Waals surface area contributed by atoms with Crippen molar-refractivity contribution in [3.63, 3.8) is 0 Å². The van der Waals surface area contributed by atoms with Gasteiger partial charge < -0.3 is 10.6 Å². The zero-order valence-corrected chi connectivity index (χ0v) is 13.7. The average Bonchev–Trinajstić information content (AvgIpc) is 3.17. The van der Waals surface area contributed by atoms with E-state index in [0.29, 0.717) is 18.1 Å². The number of aromatic nitrogens is 5. The summed E-state index contributed by atoms with van der Waals surface area (Å²) in [5, 5.41) is 18.2. The average molecular weight is 345 g/mol. The number of carbonyl (C=O) groups excluding carboxylic acids is 1. The zero-order valence-electron chi connectivity index (χ0n) is 13.7. The van der Waals surface area contributed by atoms with Crippen LogP contribution in [0.15, 0.2) is 67.0 Å². The molecule has 0 aliphatic carbocycles. The second kappa shape index (κ2) is 6.98. The highest BCUT2D eigenvalue weighted by Gasteiger charge is 2.09. The Morgan fingerprint density at radius 1 is 0.962 bits per heavy atom. The van der Waals surface area contributed by atoms with Gasteiger partial charge in [-0.2, -0.15) is 5.10 Å². The number of para-hydroxylation sites is 1. The smallest absolute Gasteiger partial charge is 0.276 e. The Morgan fingerprint density at radius 3 is 2.65 bits per heavy atom. The maximum Gasteiger partial charge on any atom is 0.276 e. The van der Waals surface area contributed by atoms with Crippen molar-refractivity contribution in [2.45, 2.75) is 6.54 Å². The molecular weight excluding hydrogens is 330 g/mol. The van der Waals surface area contributed by atoms with Crippen LogP contribution in [0.25, 0.3) is 5.65 Å². The monoisotopic (exact) mass is 345 g/mol. The third-order valence-electron chi connectivity index (χ3n) is 3.75. The summed E-state index contributed by atoms with van der Waals surface area (Å²) < 4.78 is 1.75. The Labute approximate surface area is 148 Å². The van der Waals surface area contributed by atoms with Crippen molar-refractivity contribution < 1.29 is 4.79 Å². The number of nitrogens with zero attached hydrogens (tertiary/aromatic N) is 5. The van der Waals surface area contributed by atoms with Crippen LogP contribution in [0.5, 0.6) is 0 Å². The van der Waals surface area contributed by atoms with Crippen molar-refractivity contribution in [2.75, 3.05) is 10.6 Å². The lowest BCUT2D eigenvalue weighted by Gasteiger charge is -2.07. The van der Waals surface area contributed by atoms with E-state index in [9.17, 15) is 4.79 Å². The minimum atomic E-state index is -0.303. The molecule has 0 saturated heterocycles. The molecule has 1 amide bonds.